The molecule has 0 radical (unpaired) electrons. The topological polar surface area (TPSA) is 25.2 Å². The van der Waals surface area contributed by atoms with Crippen LogP contribution in [0.15, 0.2) is 45.7 Å². The van der Waals surface area contributed by atoms with Crippen LogP contribution in [0.5, 0.6) is 0 Å². The van der Waals surface area contributed by atoms with Crippen molar-refractivity contribution in [1.29, 1.82) is 0 Å². The van der Waals surface area contributed by atoms with Gasteiger partial charge >= 0.3 is 0 Å². The molecule has 96 valence electrons. The molecule has 0 fully saturated rings. The van der Waals surface area contributed by atoms with E-state index in [1.165, 1.54) is 6.07 Å². The molecule has 0 amide bonds. The fraction of sp³-hybridized carbons (Fsp3) is 0.286. The van der Waals surface area contributed by atoms with E-state index in [1.807, 2.05) is 19.1 Å². The van der Waals surface area contributed by atoms with Gasteiger partial charge in [-0.1, -0.05) is 19.1 Å². The first-order valence-electron chi connectivity index (χ1n) is 5.90. The molecule has 0 aliphatic carbocycles. The Labute approximate surface area is 114 Å². The lowest BCUT2D eigenvalue weighted by Gasteiger charge is -2.19. The fourth-order valence-electron chi connectivity index (χ4n) is 1.97. The van der Waals surface area contributed by atoms with Gasteiger partial charge in [0.15, 0.2) is 0 Å². The van der Waals surface area contributed by atoms with Gasteiger partial charge in [-0.3, -0.25) is 0 Å². The molecule has 1 unspecified atom stereocenters. The zero-order valence-corrected chi connectivity index (χ0v) is 11.7. The summed E-state index contributed by atoms with van der Waals surface area (Å²) in [4.78, 5) is 0. The summed E-state index contributed by atoms with van der Waals surface area (Å²) in [5.41, 5.74) is 2.02. The smallest absolute Gasteiger partial charge is 0.137 e. The van der Waals surface area contributed by atoms with Gasteiger partial charge in [-0.15, -0.1) is 0 Å². The van der Waals surface area contributed by atoms with Crippen molar-refractivity contribution in [3.8, 4) is 0 Å². The molecule has 1 aromatic heterocycles. The first-order valence-corrected chi connectivity index (χ1v) is 6.70. The van der Waals surface area contributed by atoms with Crippen LogP contribution in [0.4, 0.5) is 4.39 Å². The van der Waals surface area contributed by atoms with E-state index < -0.39 is 0 Å². The van der Waals surface area contributed by atoms with E-state index in [9.17, 15) is 4.39 Å². The van der Waals surface area contributed by atoms with Gasteiger partial charge in [0.1, 0.15) is 5.82 Å². The van der Waals surface area contributed by atoms with Crippen molar-refractivity contribution >= 4 is 15.9 Å². The Balaban J connectivity index is 2.26. The summed E-state index contributed by atoms with van der Waals surface area (Å²) in [5.74, 6) is -0.234. The molecule has 0 saturated heterocycles. The highest BCUT2D eigenvalue weighted by Gasteiger charge is 2.16. The average molecular weight is 312 g/mol. The van der Waals surface area contributed by atoms with Crippen molar-refractivity contribution in [3.63, 3.8) is 0 Å². The molecule has 2 aromatic rings. The second-order valence-electron chi connectivity index (χ2n) is 4.09. The van der Waals surface area contributed by atoms with Gasteiger partial charge in [0.05, 0.1) is 17.0 Å². The molecule has 4 heteroatoms. The largest absolute Gasteiger partial charge is 0.472 e. The molecule has 0 aliphatic rings. The van der Waals surface area contributed by atoms with Crippen LogP contribution < -0.4 is 5.32 Å². The summed E-state index contributed by atoms with van der Waals surface area (Å²) in [5, 5.41) is 3.37. The van der Waals surface area contributed by atoms with Crippen molar-refractivity contribution in [1.82, 2.24) is 5.32 Å². The number of rotatable bonds is 5. The molecule has 2 rings (SSSR count). The van der Waals surface area contributed by atoms with Crippen molar-refractivity contribution in [2.24, 2.45) is 0 Å². The molecule has 1 N–H and O–H groups in total. The Kier molecular flexibility index (Phi) is 4.55. The number of hydrogen-bond donors (Lipinski definition) is 1. The number of hydrogen-bond acceptors (Lipinski definition) is 2. The minimum absolute atomic E-state index is 0.0673. The Morgan fingerprint density at radius 2 is 2.22 bits per heavy atom. The summed E-state index contributed by atoms with van der Waals surface area (Å²) in [7, 11) is 0. The molecule has 0 spiro atoms. The Hall–Kier alpha value is -1.13. The third-order valence-electron chi connectivity index (χ3n) is 2.83. The van der Waals surface area contributed by atoms with Crippen LogP contribution in [-0.4, -0.2) is 6.54 Å². The van der Waals surface area contributed by atoms with E-state index in [4.69, 9.17) is 4.42 Å². The Morgan fingerprint density at radius 1 is 1.39 bits per heavy atom. The average Bonchev–Trinajstić information content (AvgIpc) is 2.85. The van der Waals surface area contributed by atoms with Crippen molar-refractivity contribution in [2.75, 3.05) is 6.54 Å². The van der Waals surface area contributed by atoms with Gasteiger partial charge in [0.25, 0.3) is 0 Å². The molecule has 0 aliphatic heterocycles. The van der Waals surface area contributed by atoms with Crippen LogP contribution in [0, 0.1) is 5.82 Å². The molecular weight excluding hydrogens is 297 g/mol. The van der Waals surface area contributed by atoms with E-state index in [0.717, 1.165) is 24.1 Å². The lowest BCUT2D eigenvalue weighted by Crippen LogP contribution is -2.23. The second-order valence-corrected chi connectivity index (χ2v) is 4.88. The maximum absolute atomic E-state index is 13.6. The predicted molar refractivity (Wildman–Crippen MR) is 72.9 cm³/mol. The molecule has 1 heterocycles. The summed E-state index contributed by atoms with van der Waals surface area (Å²) in [6, 6.07) is 7.11. The third kappa shape index (κ3) is 3.00. The van der Waals surface area contributed by atoms with Gasteiger partial charge in [-0.2, -0.15) is 0 Å². The quantitative estimate of drug-likeness (QED) is 0.900. The van der Waals surface area contributed by atoms with Crippen LogP contribution in [0.25, 0.3) is 0 Å². The minimum atomic E-state index is -0.234. The van der Waals surface area contributed by atoms with Gasteiger partial charge < -0.3 is 9.73 Å². The van der Waals surface area contributed by atoms with E-state index in [2.05, 4.69) is 21.2 Å². The highest BCUT2D eigenvalue weighted by atomic mass is 79.9. The number of halogens is 2. The van der Waals surface area contributed by atoms with Crippen LogP contribution >= 0.6 is 15.9 Å². The van der Waals surface area contributed by atoms with Gasteiger partial charge in [-0.25, -0.2) is 4.39 Å². The lowest BCUT2D eigenvalue weighted by molar-refractivity contribution is 0.528. The van der Waals surface area contributed by atoms with Crippen LogP contribution in [0.1, 0.15) is 24.1 Å². The summed E-state index contributed by atoms with van der Waals surface area (Å²) in [6.45, 7) is 2.86. The third-order valence-corrected chi connectivity index (χ3v) is 3.66. The Bertz CT molecular complexity index is 499. The molecule has 1 aromatic carbocycles. The fourth-order valence-corrected chi connectivity index (χ4v) is 2.51. The van der Waals surface area contributed by atoms with Crippen LogP contribution in [0.2, 0.25) is 0 Å². The minimum Gasteiger partial charge on any atom is -0.472 e. The second kappa shape index (κ2) is 6.16. The molecule has 1 atom stereocenters. The SMILES string of the molecule is CCNC(Cc1ccoc1)c1cccc(F)c1Br. The van der Waals surface area contributed by atoms with Crippen molar-refractivity contribution in [2.45, 2.75) is 19.4 Å². The van der Waals surface area contributed by atoms with E-state index in [1.54, 1.807) is 18.6 Å². The van der Waals surface area contributed by atoms with E-state index in [0.29, 0.717) is 4.47 Å². The standard InChI is InChI=1S/C14H15BrFNO/c1-2-17-13(8-10-6-7-18-9-10)11-4-3-5-12(16)14(11)15/h3-7,9,13,17H,2,8H2,1H3. The monoisotopic (exact) mass is 311 g/mol. The molecular formula is C14H15BrFNO. The first-order chi connectivity index (χ1) is 8.72. The normalized spacial score (nSPS) is 12.6. The molecule has 18 heavy (non-hydrogen) atoms. The summed E-state index contributed by atoms with van der Waals surface area (Å²) < 4.78 is 19.2. The zero-order valence-electron chi connectivity index (χ0n) is 10.1. The summed E-state index contributed by atoms with van der Waals surface area (Å²) >= 11 is 3.32. The molecule has 0 bridgehead atoms. The Morgan fingerprint density at radius 3 is 2.89 bits per heavy atom. The van der Waals surface area contributed by atoms with Crippen molar-refractivity contribution in [3.05, 3.63) is 58.2 Å². The number of likely N-dealkylation sites (N-methyl/N-ethyl adjacent to an activating group) is 1. The predicted octanol–water partition coefficient (Wildman–Crippen LogP) is 4.07. The maximum Gasteiger partial charge on any atom is 0.137 e. The van der Waals surface area contributed by atoms with Crippen molar-refractivity contribution < 1.29 is 8.81 Å². The molecule has 2 nitrogen and oxygen atoms in total. The van der Waals surface area contributed by atoms with E-state index >= 15 is 0 Å². The molecule has 0 saturated carbocycles. The number of benzene rings is 1. The number of nitrogens with one attached hydrogen (secondary N) is 1. The van der Waals surface area contributed by atoms with Gasteiger partial charge in [-0.05, 0) is 52.2 Å². The summed E-state index contributed by atoms with van der Waals surface area (Å²) in [6.07, 6.45) is 4.14. The zero-order chi connectivity index (χ0) is 13.0. The highest BCUT2D eigenvalue weighted by Crippen LogP contribution is 2.28. The van der Waals surface area contributed by atoms with Gasteiger partial charge in [0.2, 0.25) is 0 Å². The first kappa shape index (κ1) is 13.3. The van der Waals surface area contributed by atoms with Crippen LogP contribution in [0.3, 0.4) is 0 Å². The van der Waals surface area contributed by atoms with Crippen LogP contribution in [-0.2, 0) is 6.42 Å². The number of furan rings is 1. The highest BCUT2D eigenvalue weighted by molar-refractivity contribution is 9.10. The lowest BCUT2D eigenvalue weighted by atomic mass is 10.0. The van der Waals surface area contributed by atoms with E-state index in [-0.39, 0.29) is 11.9 Å². The maximum atomic E-state index is 13.6. The van der Waals surface area contributed by atoms with Gasteiger partial charge in [0, 0.05) is 6.04 Å².